The molecular weight excluding hydrogens is 815 g/mol. The fourth-order valence-electron chi connectivity index (χ4n) is 9.52. The van der Waals surface area contributed by atoms with Crippen LogP contribution in [0.2, 0.25) is 18.6 Å². The van der Waals surface area contributed by atoms with Gasteiger partial charge in [0, 0.05) is 30.3 Å². The molecule has 6 N–H and O–H groups in total. The number of anilines is 2. The number of carbonyl (C=O) groups excluding carboxylic acids is 3. The van der Waals surface area contributed by atoms with Gasteiger partial charge in [0.15, 0.2) is 18.0 Å². The Bertz CT molecular complexity index is 2250. The molecule has 0 radical (unpaired) electrons. The first-order chi connectivity index (χ1) is 29.6. The lowest BCUT2D eigenvalue weighted by Gasteiger charge is -2.37. The minimum Gasteiger partial charge on any atom is -0.497 e. The minimum absolute atomic E-state index is 0.0308. The number of nitrogens with zero attached hydrogens (tertiary/aromatic N) is 2. The van der Waals surface area contributed by atoms with Gasteiger partial charge in [0.2, 0.25) is 5.91 Å². The molecule has 4 aromatic rings. The molecule has 7 rings (SSSR count). The van der Waals surface area contributed by atoms with Crippen LogP contribution in [0.25, 0.3) is 0 Å². The number of methoxy groups -OCH3 is 2. The lowest BCUT2D eigenvalue weighted by Crippen LogP contribution is -2.60. The van der Waals surface area contributed by atoms with Crippen molar-refractivity contribution in [3.63, 3.8) is 0 Å². The number of benzene rings is 4. The molecule has 3 aliphatic heterocycles. The molecule has 0 unspecified atom stereocenters. The van der Waals surface area contributed by atoms with E-state index in [4.69, 9.17) is 18.9 Å². The Balaban J connectivity index is 1.23. The zero-order chi connectivity index (χ0) is 44.5. The number of carbonyl (C=O) groups is 3. The number of rotatable bonds is 14. The number of aliphatic hydroxyl groups excluding tert-OH is 5. The fraction of sp³-hybridized carbons (Fsp3) is 0.413. The highest BCUT2D eigenvalue weighted by Gasteiger charge is 2.66. The average molecular weight is 870 g/mol. The summed E-state index contributed by atoms with van der Waals surface area (Å²) in [7, 11) is 0.527. The molecule has 15 nitrogen and oxygen atoms in total. The Labute approximate surface area is 361 Å². The molecule has 0 aromatic heterocycles. The van der Waals surface area contributed by atoms with Crippen molar-refractivity contribution in [1.82, 2.24) is 4.90 Å². The van der Waals surface area contributed by atoms with Crippen molar-refractivity contribution >= 4 is 42.4 Å². The molecule has 0 saturated carbocycles. The van der Waals surface area contributed by atoms with Gasteiger partial charge in [-0.3, -0.25) is 14.4 Å². The van der Waals surface area contributed by atoms with Crippen LogP contribution in [0.5, 0.6) is 11.5 Å². The molecule has 0 aliphatic carbocycles. The summed E-state index contributed by atoms with van der Waals surface area (Å²) in [6.07, 6.45) is -9.72. The topological polar surface area (TPSA) is 208 Å². The highest BCUT2D eigenvalue weighted by Crippen LogP contribution is 2.60. The third-order valence-electron chi connectivity index (χ3n) is 12.7. The van der Waals surface area contributed by atoms with Crippen LogP contribution in [0.3, 0.4) is 0 Å². The van der Waals surface area contributed by atoms with Crippen LogP contribution in [0.1, 0.15) is 30.0 Å². The molecule has 0 bridgehead atoms. The molecular formula is C46H55N3O12Si. The van der Waals surface area contributed by atoms with Crippen LogP contribution in [0, 0.1) is 5.92 Å². The number of aliphatic hydroxyl groups is 5. The lowest BCUT2D eigenvalue weighted by molar-refractivity contribution is -0.274. The minimum atomic E-state index is -2.64. The van der Waals surface area contributed by atoms with Gasteiger partial charge >= 0.3 is 0 Å². The quantitative estimate of drug-likeness (QED) is 0.101. The fourth-order valence-corrected chi connectivity index (χ4v) is 13.5. The third-order valence-corrected chi connectivity index (χ3v) is 17.1. The Hall–Kier alpha value is -5.17. The maximum Gasteiger partial charge on any atom is 0.264 e. The maximum atomic E-state index is 15.4. The predicted molar refractivity (Wildman–Crippen MR) is 231 cm³/mol. The van der Waals surface area contributed by atoms with Gasteiger partial charge in [-0.1, -0.05) is 79.8 Å². The van der Waals surface area contributed by atoms with Gasteiger partial charge in [-0.25, -0.2) is 0 Å². The summed E-state index contributed by atoms with van der Waals surface area (Å²) in [5.74, 6) is -0.601. The average Bonchev–Trinajstić information content (AvgIpc) is 3.69. The van der Waals surface area contributed by atoms with Crippen LogP contribution < -0.4 is 24.9 Å². The van der Waals surface area contributed by atoms with Crippen molar-refractivity contribution in [2.45, 2.75) is 87.5 Å². The van der Waals surface area contributed by atoms with E-state index in [1.807, 2.05) is 61.5 Å². The van der Waals surface area contributed by atoms with Gasteiger partial charge in [-0.15, -0.1) is 0 Å². The normalized spacial score (nSPS) is 26.9. The SMILES string of the molecule is COc1ccc([Si](C)(C)[C@H]2[C@H](CC(=O)N(CCO)Cc3ccccc3)O[C@@]3(C(=O)N(Cc4cccc(NC(=O)[C@H]5O[C@@H](O)[C@H](O)[C@@H](O)[C@@H]5O)c4)c4ccc(OC)cc43)[C@@H]2C)cc1. The van der Waals surface area contributed by atoms with E-state index in [1.54, 1.807) is 54.4 Å². The summed E-state index contributed by atoms with van der Waals surface area (Å²) >= 11 is 0. The summed E-state index contributed by atoms with van der Waals surface area (Å²) in [6, 6.07) is 29.7. The first-order valence-electron chi connectivity index (χ1n) is 20.7. The Morgan fingerprint density at radius 3 is 2.21 bits per heavy atom. The zero-order valence-corrected chi connectivity index (χ0v) is 36.4. The number of amides is 3. The second kappa shape index (κ2) is 18.3. The second-order valence-electron chi connectivity index (χ2n) is 16.8. The van der Waals surface area contributed by atoms with Crippen LogP contribution in [0.4, 0.5) is 11.4 Å². The molecule has 16 heteroatoms. The summed E-state index contributed by atoms with van der Waals surface area (Å²) in [5.41, 5.74) is 1.25. The van der Waals surface area contributed by atoms with Crippen LogP contribution >= 0.6 is 0 Å². The van der Waals surface area contributed by atoms with E-state index in [9.17, 15) is 35.1 Å². The number of ether oxygens (including phenoxy) is 4. The van der Waals surface area contributed by atoms with Crippen molar-refractivity contribution in [1.29, 1.82) is 0 Å². The van der Waals surface area contributed by atoms with E-state index in [1.165, 1.54) is 0 Å². The van der Waals surface area contributed by atoms with Crippen LogP contribution in [-0.2, 0) is 42.5 Å². The molecule has 330 valence electrons. The number of hydrogen-bond donors (Lipinski definition) is 6. The highest BCUT2D eigenvalue weighted by atomic mass is 28.3. The largest absolute Gasteiger partial charge is 0.497 e. The van der Waals surface area contributed by atoms with Crippen LogP contribution in [0.15, 0.2) is 97.1 Å². The van der Waals surface area contributed by atoms with E-state index in [-0.39, 0.29) is 49.2 Å². The first kappa shape index (κ1) is 44.9. The smallest absolute Gasteiger partial charge is 0.264 e. The monoisotopic (exact) mass is 869 g/mol. The van der Waals surface area contributed by atoms with E-state index >= 15 is 4.79 Å². The van der Waals surface area contributed by atoms with Gasteiger partial charge in [-0.05, 0) is 59.1 Å². The lowest BCUT2D eigenvalue weighted by atomic mass is 9.82. The summed E-state index contributed by atoms with van der Waals surface area (Å²) in [5, 5.41) is 54.2. The Kier molecular flexibility index (Phi) is 13.2. The molecule has 62 heavy (non-hydrogen) atoms. The predicted octanol–water partition coefficient (Wildman–Crippen LogP) is 2.62. The van der Waals surface area contributed by atoms with Gasteiger partial charge in [0.25, 0.3) is 11.8 Å². The molecule has 2 fully saturated rings. The molecule has 2 saturated heterocycles. The Morgan fingerprint density at radius 1 is 0.855 bits per heavy atom. The van der Waals surface area contributed by atoms with E-state index < -0.39 is 62.3 Å². The molecule has 9 atom stereocenters. The van der Waals surface area contributed by atoms with Crippen molar-refractivity contribution in [2.75, 3.05) is 37.6 Å². The second-order valence-corrected chi connectivity index (χ2v) is 21.5. The van der Waals surface area contributed by atoms with Crippen molar-refractivity contribution in [3.8, 4) is 11.5 Å². The highest BCUT2D eigenvalue weighted by molar-refractivity contribution is 6.91. The van der Waals surface area contributed by atoms with E-state index in [0.717, 1.165) is 10.8 Å². The standard InChI is InChI=1S/C46H55N3O12Si/c1-27-42(62(4,5)33-17-14-31(58-2)15-18-33)36(24-37(51)48(20-21-50)25-28-10-7-6-8-11-28)61-46(27)34-23-32(59-3)16-19-35(34)49(45(46)57)26-29-12-9-13-30(22-29)47-43(55)41-39(53)38(52)40(54)44(56)60-41/h6-19,22-23,27,36,38-42,44,50,52-54,56H,20-21,24-26H2,1-5H3,(H,47,55)/t27-,36+,38+,39+,40-,41+,42-,44-,46+/m1/s1. The van der Waals surface area contributed by atoms with Crippen molar-refractivity contribution in [2.24, 2.45) is 5.92 Å². The van der Waals surface area contributed by atoms with Crippen molar-refractivity contribution in [3.05, 3.63) is 114 Å². The molecule has 4 aromatic carbocycles. The molecule has 3 aliphatic rings. The van der Waals surface area contributed by atoms with Gasteiger partial charge < -0.3 is 59.6 Å². The zero-order valence-electron chi connectivity index (χ0n) is 35.4. The summed E-state index contributed by atoms with van der Waals surface area (Å²) < 4.78 is 23.5. The summed E-state index contributed by atoms with van der Waals surface area (Å²) in [6.45, 7) is 6.74. The van der Waals surface area contributed by atoms with E-state index in [2.05, 4.69) is 30.5 Å². The number of nitrogens with one attached hydrogen (secondary N) is 1. The molecule has 3 heterocycles. The molecule has 1 spiro atoms. The number of hydrogen-bond acceptors (Lipinski definition) is 12. The number of fused-ring (bicyclic) bond motifs is 2. The Morgan fingerprint density at radius 2 is 1.53 bits per heavy atom. The first-order valence-corrected chi connectivity index (χ1v) is 23.7. The molecule has 3 amide bonds. The maximum absolute atomic E-state index is 15.4. The van der Waals surface area contributed by atoms with Crippen molar-refractivity contribution < 1.29 is 58.9 Å². The van der Waals surface area contributed by atoms with Gasteiger partial charge in [0.05, 0.1) is 53.7 Å². The van der Waals surface area contributed by atoms with Gasteiger partial charge in [-0.2, -0.15) is 0 Å². The summed E-state index contributed by atoms with van der Waals surface area (Å²) in [4.78, 5) is 46.4. The van der Waals surface area contributed by atoms with Crippen LogP contribution in [-0.4, -0.2) is 120 Å². The van der Waals surface area contributed by atoms with E-state index in [0.29, 0.717) is 34.9 Å². The third kappa shape index (κ3) is 8.36. The van der Waals surface area contributed by atoms with Gasteiger partial charge in [0.1, 0.15) is 29.8 Å².